The predicted octanol–water partition coefficient (Wildman–Crippen LogP) is 1.03. The summed E-state index contributed by atoms with van der Waals surface area (Å²) in [7, 11) is 0. The molecule has 0 saturated heterocycles. The Kier molecular flexibility index (Phi) is 3.97. The molecule has 0 spiro atoms. The minimum Gasteiger partial charge on any atom is -0.460 e. The van der Waals surface area contributed by atoms with Gasteiger partial charge in [-0.15, -0.1) is 0 Å². The standard InChI is InChI=1S/C17H17N3O3/c1-2-23-17(22)15(21)11-20-13-7-4-3-6-12(13)10-19-9-5-8-14(19)16(20)18/h3-9,18H,2,10-11H2,1H3/p+1. The molecule has 1 aromatic carbocycles. The van der Waals surface area contributed by atoms with Gasteiger partial charge in [0.05, 0.1) is 13.2 Å². The van der Waals surface area contributed by atoms with Crippen LogP contribution in [0.2, 0.25) is 0 Å². The summed E-state index contributed by atoms with van der Waals surface area (Å²) < 4.78 is 8.47. The number of amidine groups is 1. The van der Waals surface area contributed by atoms with Crippen molar-refractivity contribution in [1.82, 2.24) is 4.57 Å². The van der Waals surface area contributed by atoms with Crippen molar-refractivity contribution in [2.24, 2.45) is 5.73 Å². The molecule has 23 heavy (non-hydrogen) atoms. The number of carbonyl (C=O) groups excluding carboxylic acids is 2. The molecule has 0 bridgehead atoms. The van der Waals surface area contributed by atoms with Gasteiger partial charge in [-0.2, -0.15) is 0 Å². The lowest BCUT2D eigenvalue weighted by Crippen LogP contribution is -2.34. The Hall–Kier alpha value is -2.89. The Morgan fingerprint density at radius 2 is 2.04 bits per heavy atom. The van der Waals surface area contributed by atoms with Gasteiger partial charge in [-0.3, -0.25) is 10.5 Å². The first kappa shape index (κ1) is 15.0. The fraction of sp³-hybridized carbons (Fsp3) is 0.235. The normalized spacial score (nSPS) is 13.1. The van der Waals surface area contributed by atoms with Crippen molar-refractivity contribution in [3.63, 3.8) is 0 Å². The summed E-state index contributed by atoms with van der Waals surface area (Å²) in [5, 5.41) is 0. The smallest absolute Gasteiger partial charge is 0.378 e. The van der Waals surface area contributed by atoms with E-state index in [1.165, 1.54) is 0 Å². The number of hydrogen-bond donors (Lipinski definition) is 1. The van der Waals surface area contributed by atoms with E-state index in [0.29, 0.717) is 12.4 Å². The number of fused-ring (bicyclic) bond motifs is 2. The molecule has 2 aromatic rings. The molecule has 0 saturated carbocycles. The van der Waals surface area contributed by atoms with E-state index in [1.54, 1.807) is 11.5 Å². The van der Waals surface area contributed by atoms with Gasteiger partial charge in [-0.25, -0.2) is 9.37 Å². The highest BCUT2D eigenvalue weighted by molar-refractivity contribution is 6.34. The molecule has 2 N–H and O–H groups in total. The summed E-state index contributed by atoms with van der Waals surface area (Å²) in [4.78, 5) is 23.8. The van der Waals surface area contributed by atoms with Crippen LogP contribution in [0.25, 0.3) is 0 Å². The van der Waals surface area contributed by atoms with Crippen molar-refractivity contribution >= 4 is 23.3 Å². The van der Waals surface area contributed by atoms with Crippen molar-refractivity contribution in [2.45, 2.75) is 13.5 Å². The van der Waals surface area contributed by atoms with Gasteiger partial charge in [0, 0.05) is 11.8 Å². The van der Waals surface area contributed by atoms with Crippen LogP contribution >= 0.6 is 0 Å². The van der Waals surface area contributed by atoms with E-state index < -0.39 is 11.8 Å². The molecule has 1 aliphatic heterocycles. The molecule has 1 aromatic heterocycles. The summed E-state index contributed by atoms with van der Waals surface area (Å²) in [6.45, 7) is 2.35. The zero-order chi connectivity index (χ0) is 16.4. The Morgan fingerprint density at radius 3 is 2.83 bits per heavy atom. The molecule has 0 aliphatic carbocycles. The van der Waals surface area contributed by atoms with Crippen LogP contribution in [0.4, 0.5) is 5.69 Å². The number of ether oxygens (including phenoxy) is 1. The monoisotopic (exact) mass is 312 g/mol. The SMILES string of the molecule is CCOC(=O)C(=O)C[N+]1=C(N)c2cccn2Cc2ccccc21. The maximum Gasteiger partial charge on any atom is 0.378 e. The Bertz CT molecular complexity index is 805. The summed E-state index contributed by atoms with van der Waals surface area (Å²) in [6.07, 6.45) is 1.94. The van der Waals surface area contributed by atoms with E-state index in [0.717, 1.165) is 16.9 Å². The van der Waals surface area contributed by atoms with Gasteiger partial charge in [0.1, 0.15) is 11.4 Å². The number of nitrogens with zero attached hydrogens (tertiary/aromatic N) is 2. The number of benzene rings is 1. The maximum atomic E-state index is 12.1. The Balaban J connectivity index is 2.07. The number of Topliss-reactive ketones (excluding diaryl/α,β-unsaturated/α-hetero) is 1. The van der Waals surface area contributed by atoms with Crippen LogP contribution in [0.15, 0.2) is 42.6 Å². The number of para-hydroxylation sites is 1. The zero-order valence-electron chi connectivity index (χ0n) is 12.9. The Labute approximate surface area is 133 Å². The quantitative estimate of drug-likeness (QED) is 0.520. The highest BCUT2D eigenvalue weighted by Crippen LogP contribution is 2.24. The third-order valence-electron chi connectivity index (χ3n) is 3.81. The Morgan fingerprint density at radius 1 is 1.26 bits per heavy atom. The van der Waals surface area contributed by atoms with Crippen molar-refractivity contribution in [3.05, 3.63) is 53.9 Å². The van der Waals surface area contributed by atoms with Crippen LogP contribution in [-0.4, -0.2) is 39.9 Å². The van der Waals surface area contributed by atoms with Gasteiger partial charge in [0.25, 0.3) is 11.6 Å². The molecule has 0 amide bonds. The topological polar surface area (TPSA) is 77.3 Å². The van der Waals surface area contributed by atoms with Gasteiger partial charge in [-0.1, -0.05) is 18.2 Å². The van der Waals surface area contributed by atoms with E-state index in [2.05, 4.69) is 0 Å². The summed E-state index contributed by atoms with van der Waals surface area (Å²) in [5.41, 5.74) is 8.96. The number of aromatic nitrogens is 1. The molecule has 3 rings (SSSR count). The fourth-order valence-electron chi connectivity index (χ4n) is 2.73. The van der Waals surface area contributed by atoms with E-state index >= 15 is 0 Å². The molecular formula is C17H18N3O3+. The molecule has 118 valence electrons. The predicted molar refractivity (Wildman–Crippen MR) is 84.7 cm³/mol. The van der Waals surface area contributed by atoms with Crippen LogP contribution < -0.4 is 5.73 Å². The number of ketones is 1. The second kappa shape index (κ2) is 6.08. The minimum atomic E-state index is -0.836. The van der Waals surface area contributed by atoms with E-state index in [1.807, 2.05) is 47.2 Å². The van der Waals surface area contributed by atoms with Crippen LogP contribution in [0.5, 0.6) is 0 Å². The number of rotatable bonds is 4. The largest absolute Gasteiger partial charge is 0.460 e. The average molecular weight is 312 g/mol. The number of hydrogen-bond acceptors (Lipinski definition) is 4. The highest BCUT2D eigenvalue weighted by atomic mass is 16.5. The highest BCUT2D eigenvalue weighted by Gasteiger charge is 2.28. The van der Waals surface area contributed by atoms with Crippen LogP contribution in [0.3, 0.4) is 0 Å². The molecule has 2 heterocycles. The first-order chi connectivity index (χ1) is 11.1. The fourth-order valence-corrected chi connectivity index (χ4v) is 2.73. The van der Waals surface area contributed by atoms with Crippen LogP contribution in [-0.2, 0) is 20.9 Å². The van der Waals surface area contributed by atoms with Crippen molar-refractivity contribution in [3.8, 4) is 0 Å². The van der Waals surface area contributed by atoms with Gasteiger partial charge >= 0.3 is 5.97 Å². The van der Waals surface area contributed by atoms with E-state index in [-0.39, 0.29) is 13.2 Å². The van der Waals surface area contributed by atoms with E-state index in [4.69, 9.17) is 10.5 Å². The summed E-state index contributed by atoms with van der Waals surface area (Å²) in [5.74, 6) is -1.01. The van der Waals surface area contributed by atoms with Gasteiger partial charge < -0.3 is 9.30 Å². The molecular weight excluding hydrogens is 294 g/mol. The van der Waals surface area contributed by atoms with Gasteiger partial charge in [0.15, 0.2) is 6.54 Å². The van der Waals surface area contributed by atoms with E-state index in [9.17, 15) is 9.59 Å². The molecule has 6 nitrogen and oxygen atoms in total. The average Bonchev–Trinajstić information content (AvgIpc) is 2.97. The van der Waals surface area contributed by atoms with Gasteiger partial charge in [-0.05, 0) is 25.1 Å². The number of nitrogens with two attached hydrogens (primary N) is 1. The lowest BCUT2D eigenvalue weighted by atomic mass is 10.1. The van der Waals surface area contributed by atoms with Gasteiger partial charge in [0.2, 0.25) is 0 Å². The molecule has 0 radical (unpaired) electrons. The second-order valence-electron chi connectivity index (χ2n) is 5.27. The third-order valence-corrected chi connectivity index (χ3v) is 3.81. The maximum absolute atomic E-state index is 12.1. The van der Waals surface area contributed by atoms with Crippen molar-refractivity contribution in [1.29, 1.82) is 0 Å². The van der Waals surface area contributed by atoms with Crippen LogP contribution in [0, 0.1) is 0 Å². The van der Waals surface area contributed by atoms with Crippen molar-refractivity contribution in [2.75, 3.05) is 13.2 Å². The third kappa shape index (κ3) is 2.75. The summed E-state index contributed by atoms with van der Waals surface area (Å²) >= 11 is 0. The molecule has 0 unspecified atom stereocenters. The number of esters is 1. The minimum absolute atomic E-state index is 0.146. The number of carbonyl (C=O) groups is 2. The lowest BCUT2D eigenvalue weighted by Gasteiger charge is -2.09. The molecule has 0 atom stereocenters. The molecule has 6 heteroatoms. The second-order valence-corrected chi connectivity index (χ2v) is 5.27. The first-order valence-electron chi connectivity index (χ1n) is 7.45. The van der Waals surface area contributed by atoms with Crippen LogP contribution in [0.1, 0.15) is 18.2 Å². The van der Waals surface area contributed by atoms with Crippen molar-refractivity contribution < 1.29 is 18.9 Å². The lowest BCUT2D eigenvalue weighted by molar-refractivity contribution is -0.428. The zero-order valence-corrected chi connectivity index (χ0v) is 12.9. The summed E-state index contributed by atoms with van der Waals surface area (Å²) in [6, 6.07) is 11.5. The first-order valence-corrected chi connectivity index (χ1v) is 7.45. The molecule has 1 aliphatic rings. The molecule has 0 fully saturated rings.